The van der Waals surface area contributed by atoms with Crippen LogP contribution in [0.3, 0.4) is 0 Å². The van der Waals surface area contributed by atoms with E-state index in [1.807, 2.05) is 49.4 Å². The maximum atomic E-state index is 13.1. The molecule has 8 heteroatoms. The lowest BCUT2D eigenvalue weighted by Crippen LogP contribution is -2.27. The highest BCUT2D eigenvalue weighted by atomic mass is 127. The fourth-order valence-corrected chi connectivity index (χ4v) is 5.95. The molecule has 0 N–H and O–H groups in total. The van der Waals surface area contributed by atoms with Crippen molar-refractivity contribution < 1.29 is 19.1 Å². The van der Waals surface area contributed by atoms with Crippen LogP contribution < -0.4 is 9.47 Å². The van der Waals surface area contributed by atoms with Gasteiger partial charge in [-0.05, 0) is 99.1 Å². The molecule has 1 heterocycles. The van der Waals surface area contributed by atoms with E-state index in [9.17, 15) is 9.59 Å². The quantitative estimate of drug-likeness (QED) is 0.141. The van der Waals surface area contributed by atoms with E-state index in [1.165, 1.54) is 4.90 Å². The molecule has 1 fully saturated rings. The van der Waals surface area contributed by atoms with Crippen molar-refractivity contribution in [2.75, 3.05) is 6.61 Å². The van der Waals surface area contributed by atoms with Crippen molar-refractivity contribution >= 4 is 73.9 Å². The average molecular weight is 656 g/mol. The molecule has 38 heavy (non-hydrogen) atoms. The highest BCUT2D eigenvalue weighted by Crippen LogP contribution is 2.38. The van der Waals surface area contributed by atoms with E-state index in [4.69, 9.17) is 21.1 Å². The smallest absolute Gasteiger partial charge is 0.293 e. The Morgan fingerprint density at radius 1 is 0.974 bits per heavy atom. The molecule has 5 nitrogen and oxygen atoms in total. The van der Waals surface area contributed by atoms with Crippen LogP contribution in [0.15, 0.2) is 83.8 Å². The first kappa shape index (κ1) is 26.6. The molecular formula is C30H23ClINO4S. The molecule has 0 unspecified atom stereocenters. The molecule has 4 aromatic rings. The summed E-state index contributed by atoms with van der Waals surface area (Å²) in [7, 11) is 0. The Morgan fingerprint density at radius 2 is 1.74 bits per heavy atom. The van der Waals surface area contributed by atoms with E-state index in [0.29, 0.717) is 34.6 Å². The standard InChI is InChI=1S/C30H23ClINO4S/c1-2-36-26-15-20(16-27-29(34)33(30(35)38-27)17-19-10-12-23(31)13-11-19)14-25(32)28(26)37-18-22-8-5-7-21-6-3-4-9-24(21)22/h3-16H,2,17-18H2,1H3/b27-16-. The third-order valence-electron chi connectivity index (χ3n) is 6.01. The van der Waals surface area contributed by atoms with Gasteiger partial charge in [-0.25, -0.2) is 0 Å². The molecular weight excluding hydrogens is 633 g/mol. The number of carbonyl (C=O) groups is 2. The summed E-state index contributed by atoms with van der Waals surface area (Å²) in [5.41, 5.74) is 2.67. The van der Waals surface area contributed by atoms with Crippen LogP contribution in [-0.4, -0.2) is 22.7 Å². The zero-order valence-corrected chi connectivity index (χ0v) is 24.2. The van der Waals surface area contributed by atoms with Crippen LogP contribution in [0.4, 0.5) is 4.79 Å². The third kappa shape index (κ3) is 5.85. The second-order valence-corrected chi connectivity index (χ2v) is 11.2. The lowest BCUT2D eigenvalue weighted by atomic mass is 10.1. The molecule has 1 saturated heterocycles. The highest BCUT2D eigenvalue weighted by Gasteiger charge is 2.35. The van der Waals surface area contributed by atoms with E-state index in [0.717, 1.165) is 42.8 Å². The Bertz CT molecular complexity index is 1550. The first-order valence-corrected chi connectivity index (χ1v) is 14.3. The Hall–Kier alpha value is -3.01. The zero-order valence-electron chi connectivity index (χ0n) is 20.4. The van der Waals surface area contributed by atoms with E-state index >= 15 is 0 Å². The first-order valence-electron chi connectivity index (χ1n) is 12.0. The monoisotopic (exact) mass is 655 g/mol. The number of nitrogens with zero attached hydrogens (tertiary/aromatic N) is 1. The van der Waals surface area contributed by atoms with Gasteiger partial charge in [0.1, 0.15) is 6.61 Å². The van der Waals surface area contributed by atoms with Crippen molar-refractivity contribution in [1.82, 2.24) is 4.90 Å². The van der Waals surface area contributed by atoms with Gasteiger partial charge in [-0.2, -0.15) is 0 Å². The van der Waals surface area contributed by atoms with Crippen LogP contribution in [0.2, 0.25) is 5.02 Å². The van der Waals surface area contributed by atoms with Crippen LogP contribution in [0, 0.1) is 3.57 Å². The van der Waals surface area contributed by atoms with Crippen LogP contribution >= 0.6 is 46.0 Å². The first-order chi connectivity index (χ1) is 18.4. The van der Waals surface area contributed by atoms with Gasteiger partial charge in [-0.15, -0.1) is 0 Å². The number of thioether (sulfide) groups is 1. The minimum Gasteiger partial charge on any atom is -0.490 e. The lowest BCUT2D eigenvalue weighted by Gasteiger charge is -2.16. The summed E-state index contributed by atoms with van der Waals surface area (Å²) >= 11 is 9.10. The van der Waals surface area contributed by atoms with Crippen molar-refractivity contribution in [3.8, 4) is 11.5 Å². The number of hydrogen-bond donors (Lipinski definition) is 0. The van der Waals surface area contributed by atoms with Crippen molar-refractivity contribution in [3.63, 3.8) is 0 Å². The van der Waals surface area contributed by atoms with E-state index in [-0.39, 0.29) is 17.7 Å². The molecule has 1 aliphatic rings. The molecule has 5 rings (SSSR count). The molecule has 0 bridgehead atoms. The minimum atomic E-state index is -0.320. The van der Waals surface area contributed by atoms with Crippen LogP contribution in [0.5, 0.6) is 11.5 Å². The molecule has 192 valence electrons. The lowest BCUT2D eigenvalue weighted by molar-refractivity contribution is -0.123. The van der Waals surface area contributed by atoms with Gasteiger partial charge in [0.05, 0.1) is 21.6 Å². The second-order valence-electron chi connectivity index (χ2n) is 8.58. The van der Waals surface area contributed by atoms with Gasteiger partial charge < -0.3 is 9.47 Å². The average Bonchev–Trinajstić information content (AvgIpc) is 3.17. The molecule has 0 atom stereocenters. The van der Waals surface area contributed by atoms with Gasteiger partial charge in [-0.1, -0.05) is 66.2 Å². The van der Waals surface area contributed by atoms with Gasteiger partial charge in [0, 0.05) is 5.02 Å². The van der Waals surface area contributed by atoms with Crippen molar-refractivity contribution in [1.29, 1.82) is 0 Å². The maximum absolute atomic E-state index is 13.1. The fraction of sp³-hybridized carbons (Fsp3) is 0.133. The van der Waals surface area contributed by atoms with Gasteiger partial charge in [-0.3, -0.25) is 14.5 Å². The molecule has 0 saturated carbocycles. The molecule has 0 spiro atoms. The van der Waals surface area contributed by atoms with Crippen LogP contribution in [0.1, 0.15) is 23.6 Å². The van der Waals surface area contributed by atoms with E-state index in [1.54, 1.807) is 18.2 Å². The number of fused-ring (bicyclic) bond motifs is 1. The molecule has 1 aliphatic heterocycles. The molecule has 2 amide bonds. The van der Waals surface area contributed by atoms with Gasteiger partial charge in [0.25, 0.3) is 11.1 Å². The van der Waals surface area contributed by atoms with Gasteiger partial charge in [0.15, 0.2) is 11.5 Å². The second kappa shape index (κ2) is 11.8. The number of rotatable bonds is 8. The van der Waals surface area contributed by atoms with Gasteiger partial charge >= 0.3 is 0 Å². The fourth-order valence-electron chi connectivity index (χ4n) is 4.20. The molecule has 0 aromatic heterocycles. The Balaban J connectivity index is 1.38. The predicted molar refractivity (Wildman–Crippen MR) is 162 cm³/mol. The summed E-state index contributed by atoms with van der Waals surface area (Å²) in [6.45, 7) is 2.96. The molecule has 0 aliphatic carbocycles. The maximum Gasteiger partial charge on any atom is 0.293 e. The number of carbonyl (C=O) groups excluding carboxylic acids is 2. The van der Waals surface area contributed by atoms with E-state index in [2.05, 4.69) is 46.9 Å². The number of halogens is 2. The summed E-state index contributed by atoms with van der Waals surface area (Å²) in [4.78, 5) is 27.3. The van der Waals surface area contributed by atoms with Crippen LogP contribution in [-0.2, 0) is 17.9 Å². The Kier molecular flexibility index (Phi) is 8.26. The van der Waals surface area contributed by atoms with Gasteiger partial charge in [0.2, 0.25) is 0 Å². The number of hydrogen-bond acceptors (Lipinski definition) is 5. The largest absolute Gasteiger partial charge is 0.490 e. The minimum absolute atomic E-state index is 0.196. The summed E-state index contributed by atoms with van der Waals surface area (Å²) in [6.07, 6.45) is 1.73. The summed E-state index contributed by atoms with van der Waals surface area (Å²) < 4.78 is 13.0. The highest BCUT2D eigenvalue weighted by molar-refractivity contribution is 14.1. The molecule has 0 radical (unpaired) electrons. The van der Waals surface area contributed by atoms with Crippen molar-refractivity contribution in [2.45, 2.75) is 20.1 Å². The Labute approximate surface area is 243 Å². The topological polar surface area (TPSA) is 55.8 Å². The number of ether oxygens (including phenoxy) is 2. The summed E-state index contributed by atoms with van der Waals surface area (Å²) in [5.74, 6) is 0.916. The third-order valence-corrected chi connectivity index (χ3v) is 7.97. The van der Waals surface area contributed by atoms with Crippen LogP contribution in [0.25, 0.3) is 16.8 Å². The zero-order chi connectivity index (χ0) is 26.6. The SMILES string of the molecule is CCOc1cc(/C=C2\SC(=O)N(Cc3ccc(Cl)cc3)C2=O)cc(I)c1OCc1cccc2ccccc12. The molecule has 4 aromatic carbocycles. The van der Waals surface area contributed by atoms with E-state index < -0.39 is 0 Å². The Morgan fingerprint density at radius 3 is 2.53 bits per heavy atom. The number of amides is 2. The number of imide groups is 1. The van der Waals surface area contributed by atoms with Crippen molar-refractivity contribution in [2.24, 2.45) is 0 Å². The number of benzene rings is 4. The summed E-state index contributed by atoms with van der Waals surface area (Å²) in [5, 5.41) is 2.61. The normalized spacial score (nSPS) is 14.5. The predicted octanol–water partition coefficient (Wildman–Crippen LogP) is 8.31. The summed E-state index contributed by atoms with van der Waals surface area (Å²) in [6, 6.07) is 25.3. The van der Waals surface area contributed by atoms with Crippen molar-refractivity contribution in [3.05, 3.63) is 109 Å².